The number of carbonyl (C=O) groups is 3. The molecule has 0 spiro atoms. The highest BCUT2D eigenvalue weighted by atomic mass is 16.2. The van der Waals surface area contributed by atoms with E-state index in [4.69, 9.17) is 0 Å². The van der Waals surface area contributed by atoms with E-state index < -0.39 is 0 Å². The predicted octanol–water partition coefficient (Wildman–Crippen LogP) is 4.89. The van der Waals surface area contributed by atoms with Gasteiger partial charge in [-0.05, 0) is 61.5 Å². The highest BCUT2D eigenvalue weighted by molar-refractivity contribution is 6.04. The van der Waals surface area contributed by atoms with Crippen molar-refractivity contribution in [2.45, 2.75) is 20.8 Å². The molecule has 0 heterocycles. The third-order valence-corrected chi connectivity index (χ3v) is 4.81. The Balaban J connectivity index is 1.49. The van der Waals surface area contributed by atoms with E-state index in [0.29, 0.717) is 22.6 Å². The van der Waals surface area contributed by atoms with Crippen molar-refractivity contribution in [1.82, 2.24) is 0 Å². The zero-order chi connectivity index (χ0) is 23.8. The van der Waals surface area contributed by atoms with Gasteiger partial charge in [0.05, 0.1) is 6.54 Å². The minimum absolute atomic E-state index is 0.0670. The molecule has 0 aliphatic heterocycles. The molecule has 0 radical (unpaired) electrons. The molecule has 4 N–H and O–H groups in total. The molecular formula is C26H28N4O3. The fourth-order valence-electron chi connectivity index (χ4n) is 3.01. The lowest BCUT2D eigenvalue weighted by molar-refractivity contribution is -0.119. The second-order valence-corrected chi connectivity index (χ2v) is 8.03. The maximum absolute atomic E-state index is 12.4. The normalized spacial score (nSPS) is 10.4. The van der Waals surface area contributed by atoms with Gasteiger partial charge < -0.3 is 21.3 Å². The summed E-state index contributed by atoms with van der Waals surface area (Å²) < 4.78 is 0. The molecule has 3 amide bonds. The van der Waals surface area contributed by atoms with Crippen LogP contribution in [0.15, 0.2) is 72.8 Å². The summed E-state index contributed by atoms with van der Waals surface area (Å²) in [4.78, 5) is 36.5. The second kappa shape index (κ2) is 10.9. The van der Waals surface area contributed by atoms with Crippen LogP contribution in [0.3, 0.4) is 0 Å². The number of nitrogens with one attached hydrogen (secondary N) is 4. The Kier molecular flexibility index (Phi) is 7.81. The average molecular weight is 445 g/mol. The van der Waals surface area contributed by atoms with E-state index in [-0.39, 0.29) is 30.2 Å². The fourth-order valence-corrected chi connectivity index (χ4v) is 3.01. The van der Waals surface area contributed by atoms with Crippen LogP contribution in [0.2, 0.25) is 0 Å². The van der Waals surface area contributed by atoms with Crippen LogP contribution in [0.25, 0.3) is 0 Å². The number of benzene rings is 3. The van der Waals surface area contributed by atoms with Gasteiger partial charge in [-0.2, -0.15) is 0 Å². The van der Waals surface area contributed by atoms with Crippen LogP contribution in [0, 0.1) is 12.8 Å². The molecule has 0 atom stereocenters. The molecule has 0 unspecified atom stereocenters. The number of rotatable bonds is 8. The minimum atomic E-state index is -0.223. The number of hydrogen-bond acceptors (Lipinski definition) is 4. The summed E-state index contributed by atoms with van der Waals surface area (Å²) >= 11 is 0. The van der Waals surface area contributed by atoms with Crippen LogP contribution >= 0.6 is 0 Å². The third kappa shape index (κ3) is 7.21. The van der Waals surface area contributed by atoms with Crippen molar-refractivity contribution in [3.8, 4) is 0 Å². The molecule has 0 saturated carbocycles. The Hall–Kier alpha value is -4.13. The van der Waals surface area contributed by atoms with Crippen LogP contribution in [0.1, 0.15) is 29.8 Å². The molecule has 7 nitrogen and oxygen atoms in total. The first-order valence-corrected chi connectivity index (χ1v) is 10.7. The van der Waals surface area contributed by atoms with E-state index in [1.165, 1.54) is 0 Å². The van der Waals surface area contributed by atoms with Crippen LogP contribution in [-0.2, 0) is 9.59 Å². The standard InChI is InChI=1S/C26H28N4O3/c1-17(2)25(32)30-23-9-5-8-22(15-23)28-24(31)16-27-20-10-12-21(13-11-20)29-26(33)19-7-4-6-18(3)14-19/h4-15,17,27H,16H2,1-3H3,(H,28,31)(H,29,33)(H,30,32). The smallest absolute Gasteiger partial charge is 0.255 e. The summed E-state index contributed by atoms with van der Waals surface area (Å²) in [5.74, 6) is -0.613. The molecule has 0 aliphatic rings. The molecule has 170 valence electrons. The van der Waals surface area contributed by atoms with Crippen molar-refractivity contribution in [3.05, 3.63) is 83.9 Å². The summed E-state index contributed by atoms with van der Waals surface area (Å²) in [6.07, 6.45) is 0. The van der Waals surface area contributed by atoms with Crippen molar-refractivity contribution >= 4 is 40.5 Å². The largest absolute Gasteiger partial charge is 0.376 e. The van der Waals surface area contributed by atoms with E-state index >= 15 is 0 Å². The highest BCUT2D eigenvalue weighted by Crippen LogP contribution is 2.17. The Bertz CT molecular complexity index is 1140. The maximum atomic E-state index is 12.4. The lowest BCUT2D eigenvalue weighted by Gasteiger charge is -2.11. The number of amides is 3. The van der Waals surface area contributed by atoms with Crippen molar-refractivity contribution in [3.63, 3.8) is 0 Å². The Labute approximate surface area is 193 Å². The van der Waals surface area contributed by atoms with Gasteiger partial charge in [0.25, 0.3) is 5.91 Å². The van der Waals surface area contributed by atoms with Gasteiger partial charge >= 0.3 is 0 Å². The van der Waals surface area contributed by atoms with Gasteiger partial charge in [0.15, 0.2) is 0 Å². The quantitative estimate of drug-likeness (QED) is 0.397. The molecule has 0 aromatic heterocycles. The molecule has 0 saturated heterocycles. The van der Waals surface area contributed by atoms with Crippen molar-refractivity contribution in [2.75, 3.05) is 27.8 Å². The summed E-state index contributed by atoms with van der Waals surface area (Å²) in [6.45, 7) is 5.64. The Morgan fingerprint density at radius 1 is 0.727 bits per heavy atom. The molecule has 0 bridgehead atoms. The van der Waals surface area contributed by atoms with Gasteiger partial charge in [-0.1, -0.05) is 37.6 Å². The molecule has 3 aromatic carbocycles. The van der Waals surface area contributed by atoms with E-state index in [1.807, 2.05) is 39.0 Å². The Morgan fingerprint density at radius 2 is 1.36 bits per heavy atom. The second-order valence-electron chi connectivity index (χ2n) is 8.03. The summed E-state index contributed by atoms with van der Waals surface area (Å²) in [7, 11) is 0. The van der Waals surface area contributed by atoms with Gasteiger partial charge in [0.2, 0.25) is 11.8 Å². The molecule has 7 heteroatoms. The number of aryl methyl sites for hydroxylation is 1. The molecule has 3 aromatic rings. The summed E-state index contributed by atoms with van der Waals surface area (Å²) in [5, 5.41) is 11.5. The van der Waals surface area contributed by atoms with Crippen LogP contribution in [0.5, 0.6) is 0 Å². The van der Waals surface area contributed by atoms with Gasteiger partial charge in [-0.3, -0.25) is 14.4 Å². The van der Waals surface area contributed by atoms with Gasteiger partial charge in [0, 0.05) is 34.2 Å². The molecule has 33 heavy (non-hydrogen) atoms. The lowest BCUT2D eigenvalue weighted by atomic mass is 10.1. The molecule has 0 aliphatic carbocycles. The number of hydrogen-bond donors (Lipinski definition) is 4. The topological polar surface area (TPSA) is 99.3 Å². The average Bonchev–Trinajstić information content (AvgIpc) is 2.78. The molecule has 3 rings (SSSR count). The summed E-state index contributed by atoms with van der Waals surface area (Å²) in [5.41, 5.74) is 4.25. The zero-order valence-electron chi connectivity index (χ0n) is 18.9. The number of carbonyl (C=O) groups excluding carboxylic acids is 3. The third-order valence-electron chi connectivity index (χ3n) is 4.81. The Morgan fingerprint density at radius 3 is 2.03 bits per heavy atom. The molecule has 0 fully saturated rings. The lowest BCUT2D eigenvalue weighted by Crippen LogP contribution is -2.22. The minimum Gasteiger partial charge on any atom is -0.376 e. The van der Waals surface area contributed by atoms with E-state index in [0.717, 1.165) is 11.3 Å². The van der Waals surface area contributed by atoms with Crippen LogP contribution in [-0.4, -0.2) is 24.3 Å². The maximum Gasteiger partial charge on any atom is 0.255 e. The first-order chi connectivity index (χ1) is 15.8. The van der Waals surface area contributed by atoms with Gasteiger partial charge in [0.1, 0.15) is 0 Å². The number of anilines is 4. The fraction of sp³-hybridized carbons (Fsp3) is 0.192. The van der Waals surface area contributed by atoms with E-state index in [9.17, 15) is 14.4 Å². The first kappa shape index (κ1) is 23.5. The van der Waals surface area contributed by atoms with E-state index in [2.05, 4.69) is 21.3 Å². The highest BCUT2D eigenvalue weighted by Gasteiger charge is 2.09. The van der Waals surface area contributed by atoms with E-state index in [1.54, 1.807) is 54.6 Å². The summed E-state index contributed by atoms with van der Waals surface area (Å²) in [6, 6.07) is 21.5. The first-order valence-electron chi connectivity index (χ1n) is 10.7. The van der Waals surface area contributed by atoms with Crippen LogP contribution in [0.4, 0.5) is 22.7 Å². The monoisotopic (exact) mass is 444 g/mol. The SMILES string of the molecule is Cc1cccc(C(=O)Nc2ccc(NCC(=O)Nc3cccc(NC(=O)C(C)C)c3)cc2)c1. The predicted molar refractivity (Wildman–Crippen MR) is 133 cm³/mol. The van der Waals surface area contributed by atoms with Gasteiger partial charge in [-0.15, -0.1) is 0 Å². The van der Waals surface area contributed by atoms with Crippen molar-refractivity contribution < 1.29 is 14.4 Å². The van der Waals surface area contributed by atoms with Crippen molar-refractivity contribution in [2.24, 2.45) is 5.92 Å². The van der Waals surface area contributed by atoms with Gasteiger partial charge in [-0.25, -0.2) is 0 Å². The zero-order valence-corrected chi connectivity index (χ0v) is 18.9. The molecular weight excluding hydrogens is 416 g/mol. The van der Waals surface area contributed by atoms with Crippen LogP contribution < -0.4 is 21.3 Å². The van der Waals surface area contributed by atoms with Crippen molar-refractivity contribution in [1.29, 1.82) is 0 Å².